The first-order valence-corrected chi connectivity index (χ1v) is 8.91. The van der Waals surface area contributed by atoms with Gasteiger partial charge in [-0.05, 0) is 18.6 Å². The van der Waals surface area contributed by atoms with E-state index in [2.05, 4.69) is 0 Å². The molecule has 21 heavy (non-hydrogen) atoms. The van der Waals surface area contributed by atoms with Crippen LogP contribution in [0.25, 0.3) is 0 Å². The fourth-order valence-electron chi connectivity index (χ4n) is 2.52. The van der Waals surface area contributed by atoms with Crippen molar-refractivity contribution in [1.29, 1.82) is 0 Å². The third-order valence-corrected chi connectivity index (χ3v) is 5.64. The Morgan fingerprint density at radius 1 is 1.29 bits per heavy atom. The molecule has 1 aliphatic heterocycles. The minimum Gasteiger partial charge on any atom is -0.372 e. The summed E-state index contributed by atoms with van der Waals surface area (Å²) in [5.41, 5.74) is 0.700. The van der Waals surface area contributed by atoms with Crippen LogP contribution in [0.3, 0.4) is 0 Å². The van der Waals surface area contributed by atoms with E-state index < -0.39 is 9.84 Å². The van der Waals surface area contributed by atoms with Crippen molar-refractivity contribution in [3.05, 3.63) is 24.3 Å². The molecule has 2 rings (SSSR count). The van der Waals surface area contributed by atoms with E-state index in [4.69, 9.17) is 0 Å². The first-order chi connectivity index (χ1) is 9.95. The van der Waals surface area contributed by atoms with Crippen molar-refractivity contribution in [3.8, 4) is 0 Å². The molecule has 1 fully saturated rings. The summed E-state index contributed by atoms with van der Waals surface area (Å²) in [5.74, 6) is 0.278. The SMILES string of the molecule is CCS(=O)(=O)c1ccccc1N(C)CCN1CCCC1=O. The zero-order valence-corrected chi connectivity index (χ0v) is 13.4. The van der Waals surface area contributed by atoms with Gasteiger partial charge < -0.3 is 9.80 Å². The lowest BCUT2D eigenvalue weighted by Gasteiger charge is -2.25. The van der Waals surface area contributed by atoms with Crippen LogP contribution in [0.15, 0.2) is 29.2 Å². The van der Waals surface area contributed by atoms with Gasteiger partial charge in [0, 0.05) is 33.1 Å². The van der Waals surface area contributed by atoms with Gasteiger partial charge in [0.2, 0.25) is 5.91 Å². The molecule has 0 N–H and O–H groups in total. The van der Waals surface area contributed by atoms with Crippen LogP contribution in [-0.4, -0.2) is 51.7 Å². The van der Waals surface area contributed by atoms with Crippen LogP contribution in [0.5, 0.6) is 0 Å². The van der Waals surface area contributed by atoms with Crippen LogP contribution in [0, 0.1) is 0 Å². The maximum atomic E-state index is 12.1. The van der Waals surface area contributed by atoms with Crippen molar-refractivity contribution in [2.24, 2.45) is 0 Å². The topological polar surface area (TPSA) is 57.7 Å². The zero-order chi connectivity index (χ0) is 15.5. The van der Waals surface area contributed by atoms with Crippen LogP contribution in [0.1, 0.15) is 19.8 Å². The summed E-state index contributed by atoms with van der Waals surface area (Å²) in [5, 5.41) is 0. The lowest BCUT2D eigenvalue weighted by atomic mass is 10.3. The number of hydrogen-bond donors (Lipinski definition) is 0. The Morgan fingerprint density at radius 3 is 2.62 bits per heavy atom. The van der Waals surface area contributed by atoms with Crippen molar-refractivity contribution in [2.45, 2.75) is 24.7 Å². The number of nitrogens with zero attached hydrogens (tertiary/aromatic N) is 2. The second-order valence-corrected chi connectivity index (χ2v) is 7.52. The smallest absolute Gasteiger partial charge is 0.222 e. The van der Waals surface area contributed by atoms with E-state index in [-0.39, 0.29) is 11.7 Å². The van der Waals surface area contributed by atoms with Crippen molar-refractivity contribution in [1.82, 2.24) is 4.90 Å². The van der Waals surface area contributed by atoms with Gasteiger partial charge in [-0.3, -0.25) is 4.79 Å². The van der Waals surface area contributed by atoms with Crippen LogP contribution in [0.4, 0.5) is 5.69 Å². The molecule has 0 bridgehead atoms. The fourth-order valence-corrected chi connectivity index (χ4v) is 3.66. The van der Waals surface area contributed by atoms with Crippen molar-refractivity contribution >= 4 is 21.4 Å². The van der Waals surface area contributed by atoms with E-state index in [1.54, 1.807) is 19.1 Å². The predicted molar refractivity (Wildman–Crippen MR) is 83.3 cm³/mol. The van der Waals surface area contributed by atoms with E-state index in [1.165, 1.54) is 0 Å². The Hall–Kier alpha value is -1.56. The van der Waals surface area contributed by atoms with Gasteiger partial charge in [-0.1, -0.05) is 19.1 Å². The van der Waals surface area contributed by atoms with Gasteiger partial charge in [0.15, 0.2) is 9.84 Å². The highest BCUT2D eigenvalue weighted by atomic mass is 32.2. The third kappa shape index (κ3) is 3.56. The number of benzene rings is 1. The van der Waals surface area contributed by atoms with E-state index >= 15 is 0 Å². The molecule has 1 amide bonds. The minimum absolute atomic E-state index is 0.0858. The molecule has 0 aromatic heterocycles. The number of anilines is 1. The number of para-hydroxylation sites is 1. The molecule has 0 atom stereocenters. The normalized spacial score (nSPS) is 15.5. The molecule has 116 valence electrons. The number of sulfone groups is 1. The molecule has 1 saturated heterocycles. The quantitative estimate of drug-likeness (QED) is 0.800. The summed E-state index contributed by atoms with van der Waals surface area (Å²) < 4.78 is 24.3. The van der Waals surface area contributed by atoms with Crippen molar-refractivity contribution in [2.75, 3.05) is 37.3 Å². The van der Waals surface area contributed by atoms with Crippen LogP contribution >= 0.6 is 0 Å². The van der Waals surface area contributed by atoms with Gasteiger partial charge in [0.1, 0.15) is 0 Å². The molecule has 1 aliphatic rings. The molecule has 1 heterocycles. The number of amides is 1. The molecular formula is C15H22N2O3S. The highest BCUT2D eigenvalue weighted by Gasteiger charge is 2.22. The number of rotatable bonds is 6. The molecule has 5 nitrogen and oxygen atoms in total. The number of hydrogen-bond acceptors (Lipinski definition) is 4. The number of carbonyl (C=O) groups is 1. The van der Waals surface area contributed by atoms with Gasteiger partial charge in [0.05, 0.1) is 16.3 Å². The summed E-state index contributed by atoms with van der Waals surface area (Å²) in [7, 11) is -1.38. The summed E-state index contributed by atoms with van der Waals surface area (Å²) in [6.45, 7) is 3.72. The van der Waals surface area contributed by atoms with Crippen LogP contribution < -0.4 is 4.90 Å². The van der Waals surface area contributed by atoms with Gasteiger partial charge >= 0.3 is 0 Å². The maximum absolute atomic E-state index is 12.1. The average Bonchev–Trinajstić information content (AvgIpc) is 2.90. The highest BCUT2D eigenvalue weighted by molar-refractivity contribution is 7.91. The van der Waals surface area contributed by atoms with E-state index in [0.717, 1.165) is 13.0 Å². The summed E-state index contributed by atoms with van der Waals surface area (Å²) in [4.78, 5) is 15.7. The van der Waals surface area contributed by atoms with Gasteiger partial charge in [0.25, 0.3) is 0 Å². The number of likely N-dealkylation sites (tertiary alicyclic amines) is 1. The summed E-state index contributed by atoms with van der Waals surface area (Å²) >= 11 is 0. The lowest BCUT2D eigenvalue weighted by Crippen LogP contribution is -2.34. The minimum atomic E-state index is -3.24. The Morgan fingerprint density at radius 2 is 2.00 bits per heavy atom. The molecule has 0 radical (unpaired) electrons. The second-order valence-electron chi connectivity index (χ2n) is 5.28. The van der Waals surface area contributed by atoms with E-state index in [1.807, 2.05) is 29.0 Å². The molecule has 0 spiro atoms. The Kier molecular flexibility index (Phi) is 4.88. The predicted octanol–water partition coefficient (Wildman–Crippen LogP) is 1.54. The second kappa shape index (κ2) is 6.47. The molecule has 0 unspecified atom stereocenters. The average molecular weight is 310 g/mol. The standard InChI is InChI=1S/C15H22N2O3S/c1-3-21(19,20)14-8-5-4-7-13(14)16(2)11-12-17-10-6-9-15(17)18/h4-5,7-8H,3,6,9-12H2,1-2H3. The van der Waals surface area contributed by atoms with Gasteiger partial charge in [-0.2, -0.15) is 0 Å². The summed E-state index contributed by atoms with van der Waals surface area (Å²) in [6, 6.07) is 7.03. The van der Waals surface area contributed by atoms with E-state index in [9.17, 15) is 13.2 Å². The largest absolute Gasteiger partial charge is 0.372 e. The first kappa shape index (κ1) is 15.8. The van der Waals surface area contributed by atoms with Crippen molar-refractivity contribution in [3.63, 3.8) is 0 Å². The summed E-state index contributed by atoms with van der Waals surface area (Å²) in [6.07, 6.45) is 1.55. The molecule has 1 aromatic rings. The maximum Gasteiger partial charge on any atom is 0.222 e. The third-order valence-electron chi connectivity index (χ3n) is 3.87. The van der Waals surface area contributed by atoms with Gasteiger partial charge in [-0.25, -0.2) is 8.42 Å². The zero-order valence-electron chi connectivity index (χ0n) is 12.6. The first-order valence-electron chi connectivity index (χ1n) is 7.26. The van der Waals surface area contributed by atoms with Crippen molar-refractivity contribution < 1.29 is 13.2 Å². The Balaban J connectivity index is 2.12. The molecule has 1 aromatic carbocycles. The van der Waals surface area contributed by atoms with Gasteiger partial charge in [-0.15, -0.1) is 0 Å². The number of likely N-dealkylation sites (N-methyl/N-ethyl adjacent to an activating group) is 1. The highest BCUT2D eigenvalue weighted by Crippen LogP contribution is 2.25. The molecule has 0 saturated carbocycles. The molecule has 6 heteroatoms. The molecule has 0 aliphatic carbocycles. The number of carbonyl (C=O) groups excluding carboxylic acids is 1. The molecular weight excluding hydrogens is 288 g/mol. The van der Waals surface area contributed by atoms with Crippen LogP contribution in [0.2, 0.25) is 0 Å². The lowest BCUT2D eigenvalue weighted by molar-refractivity contribution is -0.127. The van der Waals surface area contributed by atoms with Crippen LogP contribution in [-0.2, 0) is 14.6 Å². The monoisotopic (exact) mass is 310 g/mol. The Bertz CT molecular complexity index is 613. The van der Waals surface area contributed by atoms with E-state index in [0.29, 0.717) is 30.1 Å². The fraction of sp³-hybridized carbons (Fsp3) is 0.533. The Labute approximate surface area is 126 Å².